The van der Waals surface area contributed by atoms with Crippen molar-refractivity contribution in [3.63, 3.8) is 0 Å². The van der Waals surface area contributed by atoms with E-state index in [1.54, 1.807) is 47.3 Å². The van der Waals surface area contributed by atoms with Crippen LogP contribution in [0, 0.1) is 10.1 Å². The van der Waals surface area contributed by atoms with Gasteiger partial charge in [0.05, 0.1) is 30.9 Å². The molecule has 166 valence electrons. The number of amides is 1. The highest BCUT2D eigenvalue weighted by Crippen LogP contribution is 2.30. The number of carbonyl (C=O) groups is 1. The van der Waals surface area contributed by atoms with E-state index in [1.165, 1.54) is 6.07 Å². The second-order valence-corrected chi connectivity index (χ2v) is 7.97. The predicted molar refractivity (Wildman–Crippen MR) is 122 cm³/mol. The lowest BCUT2D eigenvalue weighted by Gasteiger charge is -2.28. The summed E-state index contributed by atoms with van der Waals surface area (Å²) in [6.45, 7) is 2.43. The molecule has 2 heterocycles. The van der Waals surface area contributed by atoms with Crippen molar-refractivity contribution < 1.29 is 14.5 Å². The molecule has 1 aliphatic rings. The van der Waals surface area contributed by atoms with Gasteiger partial charge in [0.2, 0.25) is 0 Å². The second kappa shape index (κ2) is 9.56. The van der Waals surface area contributed by atoms with E-state index in [2.05, 4.69) is 10.4 Å². The maximum atomic E-state index is 12.8. The summed E-state index contributed by atoms with van der Waals surface area (Å²) < 4.78 is 6.88. The molecule has 0 atom stereocenters. The Bertz CT molecular complexity index is 1160. The fourth-order valence-electron chi connectivity index (χ4n) is 3.45. The van der Waals surface area contributed by atoms with Crippen molar-refractivity contribution in [2.75, 3.05) is 36.5 Å². The summed E-state index contributed by atoms with van der Waals surface area (Å²) in [5.41, 5.74) is 1.30. The van der Waals surface area contributed by atoms with Crippen LogP contribution in [0.2, 0.25) is 10.0 Å². The van der Waals surface area contributed by atoms with E-state index in [0.29, 0.717) is 54.4 Å². The number of hydrogen-bond donors (Lipinski definition) is 1. The van der Waals surface area contributed by atoms with Gasteiger partial charge in [0.1, 0.15) is 11.5 Å². The van der Waals surface area contributed by atoms with Gasteiger partial charge in [-0.1, -0.05) is 29.3 Å². The summed E-state index contributed by atoms with van der Waals surface area (Å²) in [7, 11) is 0. The number of morpholine rings is 1. The first-order chi connectivity index (χ1) is 15.4. The molecule has 0 aliphatic carbocycles. The Morgan fingerprint density at radius 1 is 1.16 bits per heavy atom. The molecule has 1 N–H and O–H groups in total. The number of nitro groups is 1. The molecule has 4 rings (SSSR count). The normalized spacial score (nSPS) is 13.8. The lowest BCUT2D eigenvalue weighted by Crippen LogP contribution is -2.36. The topological polar surface area (TPSA) is 103 Å². The van der Waals surface area contributed by atoms with E-state index in [1.807, 2.05) is 4.90 Å². The van der Waals surface area contributed by atoms with Gasteiger partial charge in [0.15, 0.2) is 0 Å². The molecule has 1 aromatic heterocycles. The molecule has 1 fully saturated rings. The zero-order valence-corrected chi connectivity index (χ0v) is 18.3. The molecule has 0 spiro atoms. The number of carbonyl (C=O) groups excluding carboxylic acids is 1. The van der Waals surface area contributed by atoms with Crippen LogP contribution in [0.5, 0.6) is 0 Å². The molecule has 2 aromatic carbocycles. The van der Waals surface area contributed by atoms with Gasteiger partial charge in [-0.3, -0.25) is 14.9 Å². The number of nitro benzene ring substituents is 1. The Hall–Kier alpha value is -3.14. The lowest BCUT2D eigenvalue weighted by atomic mass is 10.1. The Balaban J connectivity index is 1.54. The zero-order valence-electron chi connectivity index (χ0n) is 16.8. The molecular weight excluding hydrogens is 457 g/mol. The van der Waals surface area contributed by atoms with Gasteiger partial charge >= 0.3 is 0 Å². The van der Waals surface area contributed by atoms with Crippen LogP contribution in [0.4, 0.5) is 17.2 Å². The van der Waals surface area contributed by atoms with Crippen molar-refractivity contribution in [1.82, 2.24) is 9.78 Å². The Morgan fingerprint density at radius 2 is 1.94 bits per heavy atom. The number of aromatic nitrogens is 2. The van der Waals surface area contributed by atoms with Crippen LogP contribution in [0.25, 0.3) is 0 Å². The van der Waals surface area contributed by atoms with Crippen LogP contribution in [-0.4, -0.2) is 46.9 Å². The molecule has 0 bridgehead atoms. The van der Waals surface area contributed by atoms with Gasteiger partial charge in [0, 0.05) is 40.8 Å². The van der Waals surface area contributed by atoms with E-state index in [-0.39, 0.29) is 11.3 Å². The van der Waals surface area contributed by atoms with Crippen molar-refractivity contribution in [2.24, 2.45) is 0 Å². The van der Waals surface area contributed by atoms with Crippen molar-refractivity contribution in [3.05, 3.63) is 79.9 Å². The van der Waals surface area contributed by atoms with Gasteiger partial charge in [-0.25, -0.2) is 4.68 Å². The highest BCUT2D eigenvalue weighted by atomic mass is 35.5. The molecule has 0 unspecified atom stereocenters. The van der Waals surface area contributed by atoms with Crippen molar-refractivity contribution >= 4 is 46.3 Å². The molecule has 1 amide bonds. The summed E-state index contributed by atoms with van der Waals surface area (Å²) in [4.78, 5) is 25.9. The van der Waals surface area contributed by atoms with Gasteiger partial charge in [-0.15, -0.1) is 0 Å². The summed E-state index contributed by atoms with van der Waals surface area (Å²) >= 11 is 12.2. The molecule has 0 radical (unpaired) electrons. The van der Waals surface area contributed by atoms with Gasteiger partial charge in [0.25, 0.3) is 11.6 Å². The quantitative estimate of drug-likeness (QED) is 0.422. The second-order valence-electron chi connectivity index (χ2n) is 7.12. The monoisotopic (exact) mass is 475 g/mol. The number of anilines is 2. The van der Waals surface area contributed by atoms with E-state index in [4.69, 9.17) is 27.9 Å². The molecule has 0 saturated carbocycles. The average molecular weight is 476 g/mol. The number of nitrogens with one attached hydrogen (secondary N) is 1. The maximum Gasteiger partial charge on any atom is 0.293 e. The highest BCUT2D eigenvalue weighted by molar-refractivity contribution is 6.35. The smallest absolute Gasteiger partial charge is 0.293 e. The maximum absolute atomic E-state index is 12.8. The van der Waals surface area contributed by atoms with E-state index >= 15 is 0 Å². The fourth-order valence-corrected chi connectivity index (χ4v) is 3.92. The van der Waals surface area contributed by atoms with Crippen molar-refractivity contribution in [1.29, 1.82) is 0 Å². The number of ether oxygens (including phenoxy) is 1. The first-order valence-corrected chi connectivity index (χ1v) is 10.6. The van der Waals surface area contributed by atoms with Crippen LogP contribution in [0.3, 0.4) is 0 Å². The van der Waals surface area contributed by atoms with Crippen molar-refractivity contribution in [2.45, 2.75) is 6.54 Å². The molecule has 1 aliphatic heterocycles. The van der Waals surface area contributed by atoms with Gasteiger partial charge in [-0.2, -0.15) is 5.10 Å². The fraction of sp³-hybridized carbons (Fsp3) is 0.238. The SMILES string of the molecule is O=C(Nc1ccnn1Cc1ccc(Cl)cc1Cl)c1ccc(N2CCOCC2)c([N+](=O)[O-])c1. The van der Waals surface area contributed by atoms with Crippen LogP contribution < -0.4 is 10.2 Å². The summed E-state index contributed by atoms with van der Waals surface area (Å²) in [6, 6.07) is 11.2. The minimum atomic E-state index is -0.481. The van der Waals surface area contributed by atoms with Gasteiger partial charge in [-0.05, 0) is 29.8 Å². The lowest BCUT2D eigenvalue weighted by molar-refractivity contribution is -0.384. The first kappa shape index (κ1) is 22.1. The number of rotatable bonds is 6. The third-order valence-electron chi connectivity index (χ3n) is 5.08. The Labute approximate surface area is 193 Å². The standard InChI is InChI=1S/C21H19Cl2N5O4/c22-16-3-1-15(17(23)12-16)13-27-20(5-6-24-27)25-21(29)14-2-4-18(19(11-14)28(30)31)26-7-9-32-10-8-26/h1-6,11-12H,7-10,13H2,(H,25,29). The summed E-state index contributed by atoms with van der Waals surface area (Å²) in [6.07, 6.45) is 1.55. The van der Waals surface area contributed by atoms with Crippen molar-refractivity contribution in [3.8, 4) is 0 Å². The van der Waals surface area contributed by atoms with E-state index in [9.17, 15) is 14.9 Å². The van der Waals surface area contributed by atoms with Crippen LogP contribution >= 0.6 is 23.2 Å². The van der Waals surface area contributed by atoms with E-state index < -0.39 is 10.8 Å². The summed E-state index contributed by atoms with van der Waals surface area (Å²) in [5.74, 6) is -0.0495. The average Bonchev–Trinajstić information content (AvgIpc) is 3.22. The molecule has 11 heteroatoms. The van der Waals surface area contributed by atoms with Crippen LogP contribution in [-0.2, 0) is 11.3 Å². The zero-order chi connectivity index (χ0) is 22.7. The van der Waals surface area contributed by atoms with Crippen LogP contribution in [0.15, 0.2) is 48.7 Å². The third kappa shape index (κ3) is 4.85. The minimum absolute atomic E-state index is 0.124. The number of hydrogen-bond acceptors (Lipinski definition) is 6. The molecule has 3 aromatic rings. The molecule has 32 heavy (non-hydrogen) atoms. The molecule has 9 nitrogen and oxygen atoms in total. The number of nitrogens with zero attached hydrogens (tertiary/aromatic N) is 4. The first-order valence-electron chi connectivity index (χ1n) is 9.80. The predicted octanol–water partition coefficient (Wildman–Crippen LogP) is 4.24. The number of benzene rings is 2. The molecular formula is C21H19Cl2N5O4. The number of halogens is 2. The molecule has 1 saturated heterocycles. The Morgan fingerprint density at radius 3 is 2.66 bits per heavy atom. The third-order valence-corrected chi connectivity index (χ3v) is 5.67. The largest absolute Gasteiger partial charge is 0.378 e. The minimum Gasteiger partial charge on any atom is -0.378 e. The van der Waals surface area contributed by atoms with Crippen LogP contribution in [0.1, 0.15) is 15.9 Å². The van der Waals surface area contributed by atoms with Gasteiger partial charge < -0.3 is 15.0 Å². The van der Waals surface area contributed by atoms with E-state index in [0.717, 1.165) is 5.56 Å². The highest BCUT2D eigenvalue weighted by Gasteiger charge is 2.23. The Kier molecular flexibility index (Phi) is 6.59. The summed E-state index contributed by atoms with van der Waals surface area (Å²) in [5, 5.41) is 19.6.